The number of hydrogen-bond acceptors (Lipinski definition) is 2. The lowest BCUT2D eigenvalue weighted by Gasteiger charge is -2.15. The molecule has 0 amide bonds. The molecule has 2 aromatic rings. The minimum absolute atomic E-state index is 0.665. The SMILES string of the molecule is CCNCC1CCc2ccccc2-c2sccc21. The molecule has 18 heavy (non-hydrogen) atoms. The second-order valence-electron chi connectivity index (χ2n) is 4.91. The Labute approximate surface area is 113 Å². The van der Waals surface area contributed by atoms with Crippen LogP contribution < -0.4 is 5.32 Å². The third-order valence-electron chi connectivity index (χ3n) is 3.80. The highest BCUT2D eigenvalue weighted by atomic mass is 32.1. The highest BCUT2D eigenvalue weighted by Gasteiger charge is 2.22. The quantitative estimate of drug-likeness (QED) is 0.874. The number of nitrogens with one attached hydrogen (secondary N) is 1. The Balaban J connectivity index is 2.01. The van der Waals surface area contributed by atoms with Gasteiger partial charge in [-0.15, -0.1) is 11.3 Å². The molecule has 94 valence electrons. The molecule has 1 aromatic heterocycles. The minimum Gasteiger partial charge on any atom is -0.316 e. The van der Waals surface area contributed by atoms with Gasteiger partial charge in [0.25, 0.3) is 0 Å². The molecule has 1 N–H and O–H groups in total. The Hall–Kier alpha value is -1.12. The Morgan fingerprint density at radius 1 is 1.28 bits per heavy atom. The molecule has 0 saturated carbocycles. The summed E-state index contributed by atoms with van der Waals surface area (Å²) < 4.78 is 0. The van der Waals surface area contributed by atoms with E-state index in [9.17, 15) is 0 Å². The molecule has 1 aliphatic rings. The van der Waals surface area contributed by atoms with Crippen molar-refractivity contribution in [2.75, 3.05) is 13.1 Å². The van der Waals surface area contributed by atoms with E-state index in [4.69, 9.17) is 0 Å². The fraction of sp³-hybridized carbons (Fsp3) is 0.375. The fourth-order valence-electron chi connectivity index (χ4n) is 2.84. The molecule has 1 aliphatic carbocycles. The van der Waals surface area contributed by atoms with Crippen LogP contribution in [0.15, 0.2) is 35.7 Å². The van der Waals surface area contributed by atoms with Crippen LogP contribution >= 0.6 is 11.3 Å². The molecule has 1 nitrogen and oxygen atoms in total. The highest BCUT2D eigenvalue weighted by Crippen LogP contribution is 2.41. The Morgan fingerprint density at radius 2 is 2.17 bits per heavy atom. The lowest BCUT2D eigenvalue weighted by atomic mass is 9.96. The van der Waals surface area contributed by atoms with Crippen molar-refractivity contribution in [3.05, 3.63) is 46.8 Å². The molecule has 2 heteroatoms. The first-order valence-corrected chi connectivity index (χ1v) is 7.64. The summed E-state index contributed by atoms with van der Waals surface area (Å²) in [5.41, 5.74) is 4.52. The summed E-state index contributed by atoms with van der Waals surface area (Å²) in [4.78, 5) is 1.49. The topological polar surface area (TPSA) is 12.0 Å². The van der Waals surface area contributed by atoms with E-state index in [1.807, 2.05) is 11.3 Å². The van der Waals surface area contributed by atoms with Crippen molar-refractivity contribution in [3.8, 4) is 10.4 Å². The van der Waals surface area contributed by atoms with Crippen LogP contribution in [0.25, 0.3) is 10.4 Å². The third kappa shape index (κ3) is 2.11. The van der Waals surface area contributed by atoms with Gasteiger partial charge in [0.1, 0.15) is 0 Å². The maximum absolute atomic E-state index is 3.51. The van der Waals surface area contributed by atoms with Crippen molar-refractivity contribution >= 4 is 11.3 Å². The smallest absolute Gasteiger partial charge is 0.0380 e. The molecule has 0 spiro atoms. The zero-order valence-corrected chi connectivity index (χ0v) is 11.6. The number of likely N-dealkylation sites (N-methyl/N-ethyl adjacent to an activating group) is 1. The Morgan fingerprint density at radius 3 is 3.06 bits per heavy atom. The number of rotatable bonds is 3. The molecule has 0 bridgehead atoms. The number of hydrogen-bond donors (Lipinski definition) is 1. The van der Waals surface area contributed by atoms with Crippen LogP contribution in [0.5, 0.6) is 0 Å². The molecule has 0 radical (unpaired) electrons. The largest absolute Gasteiger partial charge is 0.316 e. The van der Waals surface area contributed by atoms with Crippen LogP contribution in [-0.4, -0.2) is 13.1 Å². The molecule has 0 fully saturated rings. The van der Waals surface area contributed by atoms with Gasteiger partial charge in [-0.2, -0.15) is 0 Å². The first kappa shape index (κ1) is 11.9. The summed E-state index contributed by atoms with van der Waals surface area (Å²) in [7, 11) is 0. The molecule has 3 rings (SSSR count). The summed E-state index contributed by atoms with van der Waals surface area (Å²) in [5, 5.41) is 5.75. The van der Waals surface area contributed by atoms with Crippen LogP contribution in [0.1, 0.15) is 30.4 Å². The molecular weight excluding hydrogens is 238 g/mol. The van der Waals surface area contributed by atoms with Gasteiger partial charge in [-0.05, 0) is 53.4 Å². The maximum Gasteiger partial charge on any atom is 0.0380 e. The first-order valence-electron chi connectivity index (χ1n) is 6.76. The molecule has 1 unspecified atom stereocenters. The average molecular weight is 257 g/mol. The maximum atomic E-state index is 3.51. The zero-order chi connectivity index (χ0) is 12.4. The van der Waals surface area contributed by atoms with Crippen molar-refractivity contribution in [1.82, 2.24) is 5.32 Å². The first-order chi connectivity index (χ1) is 8.90. The number of benzene rings is 1. The van der Waals surface area contributed by atoms with E-state index in [-0.39, 0.29) is 0 Å². The zero-order valence-electron chi connectivity index (χ0n) is 10.8. The van der Waals surface area contributed by atoms with Crippen LogP contribution in [-0.2, 0) is 6.42 Å². The monoisotopic (exact) mass is 257 g/mol. The van der Waals surface area contributed by atoms with Crippen molar-refractivity contribution in [3.63, 3.8) is 0 Å². The van der Waals surface area contributed by atoms with Gasteiger partial charge in [-0.1, -0.05) is 31.2 Å². The lowest BCUT2D eigenvalue weighted by Crippen LogP contribution is -2.21. The number of aryl methyl sites for hydroxylation is 1. The van der Waals surface area contributed by atoms with Crippen molar-refractivity contribution in [2.45, 2.75) is 25.7 Å². The Bertz CT molecular complexity index is 529. The summed E-state index contributed by atoms with van der Waals surface area (Å²) in [6.45, 7) is 4.34. The number of thiophene rings is 1. The van der Waals surface area contributed by atoms with E-state index in [0.717, 1.165) is 13.1 Å². The van der Waals surface area contributed by atoms with Gasteiger partial charge in [0.2, 0.25) is 0 Å². The molecule has 1 atom stereocenters. The lowest BCUT2D eigenvalue weighted by molar-refractivity contribution is 0.567. The minimum atomic E-state index is 0.665. The van der Waals surface area contributed by atoms with Crippen LogP contribution in [0.4, 0.5) is 0 Å². The van der Waals surface area contributed by atoms with Crippen LogP contribution in [0, 0.1) is 0 Å². The summed E-state index contributed by atoms with van der Waals surface area (Å²) in [6, 6.07) is 11.2. The molecule has 0 saturated heterocycles. The summed E-state index contributed by atoms with van der Waals surface area (Å²) in [5.74, 6) is 0.665. The molecule has 0 aliphatic heterocycles. The van der Waals surface area contributed by atoms with E-state index in [1.165, 1.54) is 28.8 Å². The van der Waals surface area contributed by atoms with Crippen LogP contribution in [0.2, 0.25) is 0 Å². The summed E-state index contributed by atoms with van der Waals surface area (Å²) >= 11 is 1.89. The van der Waals surface area contributed by atoms with E-state index in [0.29, 0.717) is 5.92 Å². The van der Waals surface area contributed by atoms with Crippen molar-refractivity contribution in [1.29, 1.82) is 0 Å². The van der Waals surface area contributed by atoms with E-state index < -0.39 is 0 Å². The summed E-state index contributed by atoms with van der Waals surface area (Å²) in [6.07, 6.45) is 2.46. The molecular formula is C16H19NS. The van der Waals surface area contributed by atoms with Gasteiger partial charge < -0.3 is 5.32 Å². The standard InChI is InChI=1S/C16H19NS/c1-2-17-11-13-8-7-12-5-3-4-6-14(12)16-15(13)9-10-18-16/h3-6,9-10,13,17H,2,7-8,11H2,1H3. The molecule has 1 heterocycles. The fourth-order valence-corrected chi connectivity index (χ4v) is 3.88. The Kier molecular flexibility index (Phi) is 3.48. The predicted octanol–water partition coefficient (Wildman–Crippen LogP) is 4.05. The second-order valence-corrected chi connectivity index (χ2v) is 5.82. The normalized spacial score (nSPS) is 17.9. The van der Waals surface area contributed by atoms with E-state index >= 15 is 0 Å². The van der Waals surface area contributed by atoms with E-state index in [1.54, 1.807) is 5.56 Å². The van der Waals surface area contributed by atoms with Gasteiger partial charge in [-0.3, -0.25) is 0 Å². The average Bonchev–Trinajstić information content (AvgIpc) is 2.83. The van der Waals surface area contributed by atoms with E-state index in [2.05, 4.69) is 48.0 Å². The number of fused-ring (bicyclic) bond motifs is 3. The van der Waals surface area contributed by atoms with Crippen molar-refractivity contribution in [2.24, 2.45) is 0 Å². The van der Waals surface area contributed by atoms with Gasteiger partial charge in [0.15, 0.2) is 0 Å². The van der Waals surface area contributed by atoms with Gasteiger partial charge in [-0.25, -0.2) is 0 Å². The predicted molar refractivity (Wildman–Crippen MR) is 79.4 cm³/mol. The van der Waals surface area contributed by atoms with Gasteiger partial charge in [0.05, 0.1) is 0 Å². The van der Waals surface area contributed by atoms with Gasteiger partial charge >= 0.3 is 0 Å². The third-order valence-corrected chi connectivity index (χ3v) is 4.76. The second kappa shape index (κ2) is 5.25. The highest BCUT2D eigenvalue weighted by molar-refractivity contribution is 7.13. The van der Waals surface area contributed by atoms with Gasteiger partial charge in [0, 0.05) is 11.4 Å². The van der Waals surface area contributed by atoms with Crippen molar-refractivity contribution < 1.29 is 0 Å². The molecule has 1 aromatic carbocycles. The van der Waals surface area contributed by atoms with Crippen LogP contribution in [0.3, 0.4) is 0 Å².